The summed E-state index contributed by atoms with van der Waals surface area (Å²) < 4.78 is 0. The summed E-state index contributed by atoms with van der Waals surface area (Å²) in [5.74, 6) is 0.406. The van der Waals surface area contributed by atoms with Crippen molar-refractivity contribution < 1.29 is 4.79 Å². The Kier molecular flexibility index (Phi) is 4.28. The molecular formula is C12H19N3O. The summed E-state index contributed by atoms with van der Waals surface area (Å²) >= 11 is 0. The van der Waals surface area contributed by atoms with Crippen LogP contribution >= 0.6 is 0 Å². The molecule has 1 aromatic heterocycles. The van der Waals surface area contributed by atoms with Gasteiger partial charge in [0, 0.05) is 31.2 Å². The number of anilines is 1. The van der Waals surface area contributed by atoms with Crippen LogP contribution in [0.5, 0.6) is 0 Å². The fourth-order valence-electron chi connectivity index (χ4n) is 1.55. The molecule has 16 heavy (non-hydrogen) atoms. The fraction of sp³-hybridized carbons (Fsp3) is 0.500. The van der Waals surface area contributed by atoms with Crippen molar-refractivity contribution in [2.75, 3.05) is 18.8 Å². The van der Waals surface area contributed by atoms with Gasteiger partial charge in [-0.3, -0.25) is 9.78 Å². The number of hydrogen-bond donors (Lipinski definition) is 1. The predicted octanol–water partition coefficient (Wildman–Crippen LogP) is 1.78. The number of nitrogens with zero attached hydrogens (tertiary/aromatic N) is 2. The number of nitrogens with two attached hydrogens (primary N) is 1. The van der Waals surface area contributed by atoms with Gasteiger partial charge in [-0.05, 0) is 18.9 Å². The van der Waals surface area contributed by atoms with Gasteiger partial charge in [-0.1, -0.05) is 13.8 Å². The molecule has 0 spiro atoms. The summed E-state index contributed by atoms with van der Waals surface area (Å²) in [6, 6.07) is 1.65. The van der Waals surface area contributed by atoms with Crippen molar-refractivity contribution in [2.24, 2.45) is 5.92 Å². The SMILES string of the molecule is CCN(CC(C)C)C(=O)c1cnccc1N. The largest absolute Gasteiger partial charge is 0.398 e. The average Bonchev–Trinajstić information content (AvgIpc) is 2.25. The van der Waals surface area contributed by atoms with Crippen LogP contribution in [0, 0.1) is 5.92 Å². The number of amides is 1. The predicted molar refractivity (Wildman–Crippen MR) is 65.1 cm³/mol. The number of carbonyl (C=O) groups excluding carboxylic acids is 1. The quantitative estimate of drug-likeness (QED) is 0.843. The van der Waals surface area contributed by atoms with Crippen molar-refractivity contribution in [3.63, 3.8) is 0 Å². The van der Waals surface area contributed by atoms with E-state index in [1.54, 1.807) is 17.2 Å². The molecule has 2 N–H and O–H groups in total. The maximum absolute atomic E-state index is 12.1. The molecule has 0 saturated carbocycles. The number of rotatable bonds is 4. The molecule has 88 valence electrons. The van der Waals surface area contributed by atoms with Crippen molar-refractivity contribution >= 4 is 11.6 Å². The van der Waals surface area contributed by atoms with E-state index < -0.39 is 0 Å². The maximum atomic E-state index is 12.1. The van der Waals surface area contributed by atoms with Crippen LogP contribution in [0.3, 0.4) is 0 Å². The first-order chi connectivity index (χ1) is 7.56. The van der Waals surface area contributed by atoms with Crippen LogP contribution in [-0.2, 0) is 0 Å². The van der Waals surface area contributed by atoms with E-state index in [1.807, 2.05) is 6.92 Å². The van der Waals surface area contributed by atoms with E-state index in [0.717, 1.165) is 6.54 Å². The first-order valence-corrected chi connectivity index (χ1v) is 5.55. The summed E-state index contributed by atoms with van der Waals surface area (Å²) in [4.78, 5) is 17.9. The number of carbonyl (C=O) groups is 1. The second-order valence-electron chi connectivity index (χ2n) is 4.20. The average molecular weight is 221 g/mol. The van der Waals surface area contributed by atoms with Crippen LogP contribution in [0.1, 0.15) is 31.1 Å². The van der Waals surface area contributed by atoms with Gasteiger partial charge in [0.05, 0.1) is 5.56 Å². The van der Waals surface area contributed by atoms with Gasteiger partial charge in [-0.25, -0.2) is 0 Å². The Balaban J connectivity index is 2.87. The van der Waals surface area contributed by atoms with E-state index in [0.29, 0.717) is 23.7 Å². The lowest BCUT2D eigenvalue weighted by Crippen LogP contribution is -2.34. The van der Waals surface area contributed by atoms with Crippen LogP contribution < -0.4 is 5.73 Å². The first-order valence-electron chi connectivity index (χ1n) is 5.55. The maximum Gasteiger partial charge on any atom is 0.257 e. The zero-order valence-corrected chi connectivity index (χ0v) is 10.1. The Labute approximate surface area is 96.5 Å². The number of aromatic nitrogens is 1. The molecule has 0 aliphatic rings. The molecule has 0 aliphatic carbocycles. The third kappa shape index (κ3) is 2.95. The topological polar surface area (TPSA) is 59.2 Å². The molecule has 1 rings (SSSR count). The van der Waals surface area contributed by atoms with Crippen LogP contribution in [0.2, 0.25) is 0 Å². The van der Waals surface area contributed by atoms with Gasteiger partial charge < -0.3 is 10.6 Å². The minimum atomic E-state index is -0.0400. The highest BCUT2D eigenvalue weighted by atomic mass is 16.2. The molecule has 0 radical (unpaired) electrons. The van der Waals surface area contributed by atoms with Crippen molar-refractivity contribution in [3.8, 4) is 0 Å². The second kappa shape index (κ2) is 5.49. The Morgan fingerprint density at radius 1 is 1.56 bits per heavy atom. The van der Waals surface area contributed by atoms with Crippen LogP contribution in [0.25, 0.3) is 0 Å². The molecule has 0 atom stereocenters. The molecule has 0 fully saturated rings. The summed E-state index contributed by atoms with van der Waals surface area (Å²) in [7, 11) is 0. The molecule has 0 bridgehead atoms. The lowest BCUT2D eigenvalue weighted by atomic mass is 10.1. The van der Waals surface area contributed by atoms with Gasteiger partial charge in [0.15, 0.2) is 0 Å². The second-order valence-corrected chi connectivity index (χ2v) is 4.20. The molecule has 0 unspecified atom stereocenters. The third-order valence-electron chi connectivity index (χ3n) is 2.34. The number of hydrogen-bond acceptors (Lipinski definition) is 3. The molecule has 0 aliphatic heterocycles. The standard InChI is InChI=1S/C12H19N3O/c1-4-15(8-9(2)3)12(16)10-7-14-6-5-11(10)13/h5-7,9H,4,8H2,1-3H3,(H2,13,14). The molecule has 1 aromatic rings. The molecule has 0 aromatic carbocycles. The van der Waals surface area contributed by atoms with Gasteiger partial charge >= 0.3 is 0 Å². The highest BCUT2D eigenvalue weighted by Gasteiger charge is 2.17. The molecule has 1 heterocycles. The minimum absolute atomic E-state index is 0.0400. The van der Waals surface area contributed by atoms with Crippen LogP contribution in [-0.4, -0.2) is 28.9 Å². The lowest BCUT2D eigenvalue weighted by molar-refractivity contribution is 0.0746. The molecule has 0 saturated heterocycles. The van der Waals surface area contributed by atoms with E-state index in [4.69, 9.17) is 5.73 Å². The highest BCUT2D eigenvalue weighted by molar-refractivity contribution is 5.98. The number of nitrogen functional groups attached to an aromatic ring is 1. The Morgan fingerprint density at radius 3 is 2.75 bits per heavy atom. The van der Waals surface area contributed by atoms with E-state index in [-0.39, 0.29) is 5.91 Å². The lowest BCUT2D eigenvalue weighted by Gasteiger charge is -2.23. The van der Waals surface area contributed by atoms with Gasteiger partial charge in [-0.2, -0.15) is 0 Å². The fourth-order valence-corrected chi connectivity index (χ4v) is 1.55. The van der Waals surface area contributed by atoms with E-state index in [1.165, 1.54) is 6.20 Å². The monoisotopic (exact) mass is 221 g/mol. The van der Waals surface area contributed by atoms with Crippen molar-refractivity contribution in [2.45, 2.75) is 20.8 Å². The van der Waals surface area contributed by atoms with Crippen molar-refractivity contribution in [1.82, 2.24) is 9.88 Å². The molecule has 1 amide bonds. The molecule has 4 nitrogen and oxygen atoms in total. The van der Waals surface area contributed by atoms with E-state index >= 15 is 0 Å². The molecular weight excluding hydrogens is 202 g/mol. The summed E-state index contributed by atoms with van der Waals surface area (Å²) in [6.07, 6.45) is 3.12. The summed E-state index contributed by atoms with van der Waals surface area (Å²) in [6.45, 7) is 7.56. The van der Waals surface area contributed by atoms with Crippen molar-refractivity contribution in [1.29, 1.82) is 0 Å². The smallest absolute Gasteiger partial charge is 0.257 e. The molecule has 4 heteroatoms. The minimum Gasteiger partial charge on any atom is -0.398 e. The van der Waals surface area contributed by atoms with E-state index in [9.17, 15) is 4.79 Å². The first kappa shape index (κ1) is 12.5. The number of pyridine rings is 1. The highest BCUT2D eigenvalue weighted by Crippen LogP contribution is 2.13. The third-order valence-corrected chi connectivity index (χ3v) is 2.34. The Bertz CT molecular complexity index is 363. The van der Waals surface area contributed by atoms with Crippen LogP contribution in [0.4, 0.5) is 5.69 Å². The van der Waals surface area contributed by atoms with Crippen molar-refractivity contribution in [3.05, 3.63) is 24.0 Å². The Morgan fingerprint density at radius 2 is 2.25 bits per heavy atom. The summed E-state index contributed by atoms with van der Waals surface area (Å²) in [5.41, 5.74) is 6.74. The van der Waals surface area contributed by atoms with Crippen LogP contribution in [0.15, 0.2) is 18.5 Å². The van der Waals surface area contributed by atoms with Gasteiger partial charge in [0.25, 0.3) is 5.91 Å². The zero-order valence-electron chi connectivity index (χ0n) is 10.1. The van der Waals surface area contributed by atoms with Gasteiger partial charge in [0.1, 0.15) is 0 Å². The zero-order chi connectivity index (χ0) is 12.1. The van der Waals surface area contributed by atoms with Gasteiger partial charge in [0.2, 0.25) is 0 Å². The van der Waals surface area contributed by atoms with E-state index in [2.05, 4.69) is 18.8 Å². The van der Waals surface area contributed by atoms with Gasteiger partial charge in [-0.15, -0.1) is 0 Å². The Hall–Kier alpha value is -1.58. The normalized spacial score (nSPS) is 10.5. The summed E-state index contributed by atoms with van der Waals surface area (Å²) in [5, 5.41) is 0.